The van der Waals surface area contributed by atoms with Gasteiger partial charge in [-0.2, -0.15) is 0 Å². The Morgan fingerprint density at radius 3 is 2.88 bits per heavy atom. The zero-order valence-corrected chi connectivity index (χ0v) is 9.49. The van der Waals surface area contributed by atoms with E-state index in [-0.39, 0.29) is 12.7 Å². The van der Waals surface area contributed by atoms with Crippen molar-refractivity contribution in [1.29, 1.82) is 0 Å². The van der Waals surface area contributed by atoms with E-state index in [0.717, 1.165) is 19.3 Å². The van der Waals surface area contributed by atoms with Gasteiger partial charge in [-0.3, -0.25) is 0 Å². The molecule has 0 radical (unpaired) electrons. The summed E-state index contributed by atoms with van der Waals surface area (Å²) in [6.07, 6.45) is 5.01. The summed E-state index contributed by atoms with van der Waals surface area (Å²) in [6.45, 7) is 4.25. The van der Waals surface area contributed by atoms with Gasteiger partial charge in [0.25, 0.3) is 0 Å². The van der Waals surface area contributed by atoms with Crippen molar-refractivity contribution in [2.45, 2.75) is 31.5 Å². The molecule has 0 aromatic heterocycles. The van der Waals surface area contributed by atoms with Gasteiger partial charge in [-0.1, -0.05) is 6.58 Å². The van der Waals surface area contributed by atoms with Crippen molar-refractivity contribution in [3.8, 4) is 0 Å². The molecule has 0 N–H and O–H groups in total. The highest BCUT2D eigenvalue weighted by molar-refractivity contribution is 4.95. The molecule has 2 fully saturated rings. The number of hydrogen-bond acceptors (Lipinski definition) is 3. The lowest BCUT2D eigenvalue weighted by atomic mass is 9.95. The van der Waals surface area contributed by atoms with Crippen LogP contribution in [0, 0.1) is 11.8 Å². The molecular weight excluding hydrogens is 211 g/mol. The lowest BCUT2D eigenvalue weighted by molar-refractivity contribution is -0.229. The molecule has 2 aliphatic carbocycles. The molecule has 0 amide bonds. The van der Waals surface area contributed by atoms with E-state index in [4.69, 9.17) is 14.2 Å². The molecule has 0 aromatic rings. The maximum absolute atomic E-state index is 14.2. The van der Waals surface area contributed by atoms with E-state index in [9.17, 15) is 4.39 Å². The number of fused-ring (bicyclic) bond motifs is 2. The van der Waals surface area contributed by atoms with Crippen LogP contribution in [0.3, 0.4) is 0 Å². The highest BCUT2D eigenvalue weighted by atomic mass is 19.2. The van der Waals surface area contributed by atoms with Crippen LogP contribution >= 0.6 is 0 Å². The normalized spacial score (nSPS) is 36.6. The second-order valence-electron chi connectivity index (χ2n) is 4.57. The summed E-state index contributed by atoms with van der Waals surface area (Å²) in [5, 5.41) is 0. The van der Waals surface area contributed by atoms with Crippen LogP contribution in [0.15, 0.2) is 12.8 Å². The summed E-state index contributed by atoms with van der Waals surface area (Å²) in [7, 11) is 0. The first-order valence-corrected chi connectivity index (χ1v) is 5.88. The Labute approximate surface area is 95.6 Å². The van der Waals surface area contributed by atoms with Gasteiger partial charge in [0.1, 0.15) is 6.61 Å². The van der Waals surface area contributed by atoms with Gasteiger partial charge >= 0.3 is 0 Å². The molecule has 16 heavy (non-hydrogen) atoms. The summed E-state index contributed by atoms with van der Waals surface area (Å²) >= 11 is 0. The van der Waals surface area contributed by atoms with Crippen LogP contribution in [0.2, 0.25) is 0 Å². The third-order valence-corrected chi connectivity index (χ3v) is 3.56. The van der Waals surface area contributed by atoms with Gasteiger partial charge in [0.2, 0.25) is 5.85 Å². The maximum Gasteiger partial charge on any atom is 0.214 e. The fraction of sp³-hybridized carbons (Fsp3) is 0.833. The molecule has 0 spiro atoms. The Hall–Kier alpha value is -0.610. The molecule has 0 saturated heterocycles. The first-order valence-electron chi connectivity index (χ1n) is 5.88. The van der Waals surface area contributed by atoms with Gasteiger partial charge in [0.05, 0.1) is 12.9 Å². The molecule has 0 heterocycles. The standard InChI is InChI=1S/C12H19FO3/c1-2-14-5-6-15-9-16-12(13)8-10-3-4-11(12)7-10/h2,10-11H,1,3-9H2. The molecule has 0 aromatic carbocycles. The minimum Gasteiger partial charge on any atom is -0.499 e. The summed E-state index contributed by atoms with van der Waals surface area (Å²) in [6, 6.07) is 0. The van der Waals surface area contributed by atoms with Crippen LogP contribution < -0.4 is 0 Å². The van der Waals surface area contributed by atoms with Crippen molar-refractivity contribution in [1.82, 2.24) is 0 Å². The van der Waals surface area contributed by atoms with E-state index in [2.05, 4.69) is 6.58 Å². The topological polar surface area (TPSA) is 27.7 Å². The van der Waals surface area contributed by atoms with Crippen molar-refractivity contribution in [2.24, 2.45) is 11.8 Å². The summed E-state index contributed by atoms with van der Waals surface area (Å²) in [4.78, 5) is 0. The average molecular weight is 230 g/mol. The fourth-order valence-electron chi connectivity index (χ4n) is 2.78. The Morgan fingerprint density at radius 1 is 1.38 bits per heavy atom. The van der Waals surface area contributed by atoms with Crippen LogP contribution in [0.1, 0.15) is 25.7 Å². The highest BCUT2D eigenvalue weighted by Gasteiger charge is 2.52. The van der Waals surface area contributed by atoms with E-state index in [1.54, 1.807) is 0 Å². The highest BCUT2D eigenvalue weighted by Crippen LogP contribution is 2.53. The van der Waals surface area contributed by atoms with Crippen molar-refractivity contribution in [2.75, 3.05) is 20.0 Å². The first-order chi connectivity index (χ1) is 7.74. The van der Waals surface area contributed by atoms with Gasteiger partial charge in [0.15, 0.2) is 6.79 Å². The van der Waals surface area contributed by atoms with E-state index in [1.807, 2.05) is 0 Å². The Balaban J connectivity index is 1.61. The van der Waals surface area contributed by atoms with Gasteiger partial charge < -0.3 is 14.2 Å². The molecular formula is C12H19FO3. The van der Waals surface area contributed by atoms with E-state index in [0.29, 0.717) is 25.6 Å². The zero-order chi connectivity index (χ0) is 11.4. The zero-order valence-electron chi connectivity index (χ0n) is 9.49. The minimum atomic E-state index is -1.43. The minimum absolute atomic E-state index is 0.0141. The van der Waals surface area contributed by atoms with Crippen LogP contribution in [0.5, 0.6) is 0 Å². The third-order valence-electron chi connectivity index (χ3n) is 3.56. The van der Waals surface area contributed by atoms with Crippen LogP contribution in [-0.4, -0.2) is 25.9 Å². The van der Waals surface area contributed by atoms with Gasteiger partial charge in [-0.05, 0) is 25.2 Å². The molecule has 92 valence electrons. The van der Waals surface area contributed by atoms with Crippen molar-refractivity contribution >= 4 is 0 Å². The van der Waals surface area contributed by atoms with Crippen LogP contribution in [-0.2, 0) is 14.2 Å². The lowest BCUT2D eigenvalue weighted by Gasteiger charge is -2.29. The van der Waals surface area contributed by atoms with E-state index >= 15 is 0 Å². The number of hydrogen-bond donors (Lipinski definition) is 0. The second kappa shape index (κ2) is 5.15. The van der Waals surface area contributed by atoms with Crippen LogP contribution in [0.4, 0.5) is 4.39 Å². The van der Waals surface area contributed by atoms with Gasteiger partial charge in [-0.15, -0.1) is 0 Å². The molecule has 3 unspecified atom stereocenters. The molecule has 2 aliphatic rings. The summed E-state index contributed by atoms with van der Waals surface area (Å²) < 4.78 is 29.5. The molecule has 2 bridgehead atoms. The number of alkyl halides is 1. The summed E-state index contributed by atoms with van der Waals surface area (Å²) in [5.74, 6) is -0.813. The maximum atomic E-state index is 14.2. The number of halogens is 1. The van der Waals surface area contributed by atoms with Crippen molar-refractivity contribution in [3.05, 3.63) is 12.8 Å². The van der Waals surface area contributed by atoms with E-state index in [1.165, 1.54) is 6.26 Å². The Morgan fingerprint density at radius 2 is 2.25 bits per heavy atom. The predicted molar refractivity (Wildman–Crippen MR) is 57.3 cm³/mol. The van der Waals surface area contributed by atoms with Gasteiger partial charge in [-0.25, -0.2) is 4.39 Å². The summed E-state index contributed by atoms with van der Waals surface area (Å²) in [5.41, 5.74) is 0. The average Bonchev–Trinajstić information content (AvgIpc) is 2.83. The molecule has 3 atom stereocenters. The largest absolute Gasteiger partial charge is 0.499 e. The van der Waals surface area contributed by atoms with Gasteiger partial charge in [0, 0.05) is 12.3 Å². The third kappa shape index (κ3) is 2.55. The SMILES string of the molecule is C=COCCOCOC1(F)CC2CCC1C2. The molecule has 2 rings (SSSR count). The lowest BCUT2D eigenvalue weighted by Crippen LogP contribution is -2.34. The first kappa shape index (κ1) is 11.9. The second-order valence-corrected chi connectivity index (χ2v) is 4.57. The Kier molecular flexibility index (Phi) is 3.82. The smallest absolute Gasteiger partial charge is 0.214 e. The van der Waals surface area contributed by atoms with Crippen molar-refractivity contribution in [3.63, 3.8) is 0 Å². The predicted octanol–water partition coefficient (Wildman–Crippen LogP) is 2.62. The molecule has 0 aliphatic heterocycles. The molecule has 2 saturated carbocycles. The van der Waals surface area contributed by atoms with Crippen LogP contribution in [0.25, 0.3) is 0 Å². The fourth-order valence-corrected chi connectivity index (χ4v) is 2.78. The quantitative estimate of drug-likeness (QED) is 0.382. The number of ether oxygens (including phenoxy) is 3. The monoisotopic (exact) mass is 230 g/mol. The number of rotatable bonds is 7. The molecule has 3 nitrogen and oxygen atoms in total. The Bertz CT molecular complexity index is 246. The molecule has 4 heteroatoms. The van der Waals surface area contributed by atoms with E-state index < -0.39 is 5.85 Å². The van der Waals surface area contributed by atoms with Crippen molar-refractivity contribution < 1.29 is 18.6 Å².